The lowest BCUT2D eigenvalue weighted by atomic mass is 10.2. The lowest BCUT2D eigenvalue weighted by molar-refractivity contribution is -0.157. The van der Waals surface area contributed by atoms with Crippen molar-refractivity contribution in [3.63, 3.8) is 0 Å². The van der Waals surface area contributed by atoms with Gasteiger partial charge in [-0.15, -0.1) is 0 Å². The standard InChI is InChI=1S/C27H28ClN3O6S/c1-27(2,3)37-26(33)19-36-23-14-12-20(13-15-23)17-29-30-25(32)18-31(22-9-7-8-21(28)16-22)38(34,35)24-10-5-4-6-11-24/h4-17H,18-19H2,1-3H3,(H,30,32)/b29-17-. The van der Waals surface area contributed by atoms with Crippen molar-refractivity contribution in [3.8, 4) is 5.75 Å². The molecule has 200 valence electrons. The van der Waals surface area contributed by atoms with Crippen LogP contribution in [0.5, 0.6) is 5.75 Å². The van der Waals surface area contributed by atoms with E-state index >= 15 is 0 Å². The molecule has 0 spiro atoms. The molecule has 9 nitrogen and oxygen atoms in total. The fourth-order valence-corrected chi connectivity index (χ4v) is 4.79. The zero-order valence-electron chi connectivity index (χ0n) is 21.1. The molecule has 0 aliphatic heterocycles. The molecule has 0 fully saturated rings. The summed E-state index contributed by atoms with van der Waals surface area (Å²) in [5.74, 6) is -0.676. The van der Waals surface area contributed by atoms with Gasteiger partial charge in [0, 0.05) is 5.02 Å². The van der Waals surface area contributed by atoms with Gasteiger partial charge in [-0.2, -0.15) is 5.10 Å². The van der Waals surface area contributed by atoms with Crippen LogP contribution in [0.25, 0.3) is 0 Å². The lowest BCUT2D eigenvalue weighted by Gasteiger charge is -2.23. The minimum absolute atomic E-state index is 0.0326. The van der Waals surface area contributed by atoms with Crippen LogP contribution in [-0.2, 0) is 24.3 Å². The molecule has 3 rings (SSSR count). The summed E-state index contributed by atoms with van der Waals surface area (Å²) in [5, 5.41) is 4.24. The number of hydrogen-bond acceptors (Lipinski definition) is 7. The number of hydrogen-bond donors (Lipinski definition) is 1. The molecular formula is C27H28ClN3O6S. The summed E-state index contributed by atoms with van der Waals surface area (Å²) in [7, 11) is -4.05. The van der Waals surface area contributed by atoms with Gasteiger partial charge < -0.3 is 9.47 Å². The van der Waals surface area contributed by atoms with Crippen LogP contribution in [0.15, 0.2) is 88.9 Å². The predicted molar refractivity (Wildman–Crippen MR) is 146 cm³/mol. The summed E-state index contributed by atoms with van der Waals surface area (Å²) >= 11 is 6.07. The van der Waals surface area contributed by atoms with Crippen molar-refractivity contribution in [3.05, 3.63) is 89.4 Å². The van der Waals surface area contributed by atoms with Crippen LogP contribution < -0.4 is 14.5 Å². The summed E-state index contributed by atoms with van der Waals surface area (Å²) in [6.45, 7) is 4.57. The molecular weight excluding hydrogens is 530 g/mol. The van der Waals surface area contributed by atoms with Gasteiger partial charge in [-0.25, -0.2) is 18.6 Å². The second-order valence-corrected chi connectivity index (χ2v) is 11.3. The summed E-state index contributed by atoms with van der Waals surface area (Å²) in [5.41, 5.74) is 2.63. The normalized spacial score (nSPS) is 11.7. The Morgan fingerprint density at radius 3 is 2.32 bits per heavy atom. The number of halogens is 1. The van der Waals surface area contributed by atoms with E-state index in [4.69, 9.17) is 21.1 Å². The molecule has 3 aromatic carbocycles. The number of nitrogens with zero attached hydrogens (tertiary/aromatic N) is 2. The van der Waals surface area contributed by atoms with Crippen molar-refractivity contribution in [1.82, 2.24) is 5.43 Å². The van der Waals surface area contributed by atoms with Crippen LogP contribution in [0, 0.1) is 0 Å². The number of amides is 1. The molecule has 0 aromatic heterocycles. The maximum absolute atomic E-state index is 13.3. The number of sulfonamides is 1. The first kappa shape index (κ1) is 28.7. The summed E-state index contributed by atoms with van der Waals surface area (Å²) in [6, 6.07) is 20.7. The van der Waals surface area contributed by atoms with E-state index in [1.807, 2.05) is 0 Å². The van der Waals surface area contributed by atoms with Crippen molar-refractivity contribution in [1.29, 1.82) is 0 Å². The Hall–Kier alpha value is -3.89. The van der Waals surface area contributed by atoms with Gasteiger partial charge in [-0.3, -0.25) is 9.10 Å². The molecule has 0 unspecified atom stereocenters. The third-order valence-electron chi connectivity index (χ3n) is 4.77. The number of ether oxygens (including phenoxy) is 2. The van der Waals surface area contributed by atoms with Crippen molar-refractivity contribution >= 4 is 45.4 Å². The first-order valence-corrected chi connectivity index (χ1v) is 13.4. The lowest BCUT2D eigenvalue weighted by Crippen LogP contribution is -2.39. The SMILES string of the molecule is CC(C)(C)OC(=O)COc1ccc(/C=N\NC(=O)CN(c2cccc(Cl)c2)S(=O)(=O)c2ccccc2)cc1. The maximum atomic E-state index is 13.3. The molecule has 38 heavy (non-hydrogen) atoms. The van der Waals surface area contributed by atoms with Gasteiger partial charge in [0.1, 0.15) is 17.9 Å². The third kappa shape index (κ3) is 8.60. The number of carbonyl (C=O) groups is 2. The van der Waals surface area contributed by atoms with Gasteiger partial charge in [0.15, 0.2) is 6.61 Å². The molecule has 0 aliphatic carbocycles. The summed E-state index contributed by atoms with van der Waals surface area (Å²) in [6.07, 6.45) is 1.39. The van der Waals surface area contributed by atoms with Crippen LogP contribution in [0.4, 0.5) is 5.69 Å². The average molecular weight is 558 g/mol. The molecule has 0 bridgehead atoms. The predicted octanol–water partition coefficient (Wildman–Crippen LogP) is 4.41. The van der Waals surface area contributed by atoms with E-state index in [1.54, 1.807) is 81.4 Å². The molecule has 3 aromatic rings. The van der Waals surface area contributed by atoms with Crippen LogP contribution in [0.3, 0.4) is 0 Å². The number of nitrogens with one attached hydrogen (secondary N) is 1. The number of anilines is 1. The fraction of sp³-hybridized carbons (Fsp3) is 0.222. The highest BCUT2D eigenvalue weighted by Crippen LogP contribution is 2.26. The number of carbonyl (C=O) groups excluding carboxylic acids is 2. The van der Waals surface area contributed by atoms with Gasteiger partial charge in [0.25, 0.3) is 15.9 Å². The van der Waals surface area contributed by atoms with Gasteiger partial charge in [0.05, 0.1) is 16.8 Å². The largest absolute Gasteiger partial charge is 0.482 e. The summed E-state index contributed by atoms with van der Waals surface area (Å²) < 4.78 is 38.2. The Bertz CT molecular complexity index is 1390. The second-order valence-electron chi connectivity index (χ2n) is 9.04. The van der Waals surface area contributed by atoms with Gasteiger partial charge in [-0.1, -0.05) is 35.9 Å². The van der Waals surface area contributed by atoms with Crippen molar-refractivity contribution in [2.45, 2.75) is 31.3 Å². The van der Waals surface area contributed by atoms with E-state index in [2.05, 4.69) is 10.5 Å². The molecule has 1 amide bonds. The summed E-state index contributed by atoms with van der Waals surface area (Å²) in [4.78, 5) is 24.5. The van der Waals surface area contributed by atoms with Crippen LogP contribution in [-0.4, -0.2) is 45.3 Å². The first-order chi connectivity index (χ1) is 17.9. The molecule has 11 heteroatoms. The van der Waals surface area contributed by atoms with E-state index in [0.717, 1.165) is 4.31 Å². The molecule has 0 heterocycles. The smallest absolute Gasteiger partial charge is 0.344 e. The minimum Gasteiger partial charge on any atom is -0.482 e. The minimum atomic E-state index is -4.05. The molecule has 0 saturated heterocycles. The van der Waals surface area contributed by atoms with Crippen molar-refractivity contribution < 1.29 is 27.5 Å². The van der Waals surface area contributed by atoms with E-state index < -0.39 is 34.0 Å². The number of rotatable bonds is 10. The highest BCUT2D eigenvalue weighted by molar-refractivity contribution is 7.92. The third-order valence-corrected chi connectivity index (χ3v) is 6.80. The maximum Gasteiger partial charge on any atom is 0.344 e. The Balaban J connectivity index is 1.63. The second kappa shape index (κ2) is 12.6. The Labute approximate surface area is 227 Å². The van der Waals surface area contributed by atoms with Gasteiger partial charge in [0.2, 0.25) is 0 Å². The zero-order chi connectivity index (χ0) is 27.8. The van der Waals surface area contributed by atoms with Gasteiger partial charge in [-0.05, 0) is 80.9 Å². The topological polar surface area (TPSA) is 114 Å². The number of benzene rings is 3. The first-order valence-electron chi connectivity index (χ1n) is 11.5. The monoisotopic (exact) mass is 557 g/mol. The Morgan fingerprint density at radius 2 is 1.68 bits per heavy atom. The Morgan fingerprint density at radius 1 is 1.00 bits per heavy atom. The molecule has 0 radical (unpaired) electrons. The average Bonchev–Trinajstić information content (AvgIpc) is 2.86. The Kier molecular flexibility index (Phi) is 9.49. The van der Waals surface area contributed by atoms with Crippen LogP contribution >= 0.6 is 11.6 Å². The van der Waals surface area contributed by atoms with Crippen LogP contribution in [0.1, 0.15) is 26.3 Å². The van der Waals surface area contributed by atoms with Crippen LogP contribution in [0.2, 0.25) is 5.02 Å². The number of hydrazone groups is 1. The number of esters is 1. The zero-order valence-corrected chi connectivity index (χ0v) is 22.7. The van der Waals surface area contributed by atoms with E-state index in [9.17, 15) is 18.0 Å². The highest BCUT2D eigenvalue weighted by Gasteiger charge is 2.27. The van der Waals surface area contributed by atoms with E-state index in [-0.39, 0.29) is 17.2 Å². The highest BCUT2D eigenvalue weighted by atomic mass is 35.5. The van der Waals surface area contributed by atoms with Crippen molar-refractivity contribution in [2.24, 2.45) is 5.10 Å². The molecule has 0 aliphatic rings. The van der Waals surface area contributed by atoms with E-state index in [1.165, 1.54) is 24.4 Å². The fourth-order valence-electron chi connectivity index (χ4n) is 3.17. The molecule has 1 N–H and O–H groups in total. The quantitative estimate of drug-likeness (QED) is 0.224. The van der Waals surface area contributed by atoms with Crippen molar-refractivity contribution in [2.75, 3.05) is 17.5 Å². The van der Waals surface area contributed by atoms with Gasteiger partial charge >= 0.3 is 5.97 Å². The molecule has 0 atom stereocenters. The van der Waals surface area contributed by atoms with E-state index in [0.29, 0.717) is 16.3 Å². The molecule has 0 saturated carbocycles.